The predicted octanol–water partition coefficient (Wildman–Crippen LogP) is 25.3. The van der Waals surface area contributed by atoms with E-state index in [0.29, 0.717) is 18.8 Å². The van der Waals surface area contributed by atoms with E-state index in [4.69, 9.17) is 23.7 Å². The van der Waals surface area contributed by atoms with Gasteiger partial charge in [0.1, 0.15) is 34.2 Å². The summed E-state index contributed by atoms with van der Waals surface area (Å²) in [5, 5.41) is 0. The Kier molecular flexibility index (Phi) is 26.4. The van der Waals surface area contributed by atoms with Crippen LogP contribution in [-0.2, 0) is 35.2 Å². The zero-order chi connectivity index (χ0) is 67.8. The van der Waals surface area contributed by atoms with Crippen molar-refractivity contribution in [2.45, 2.75) is 405 Å². The van der Waals surface area contributed by atoms with E-state index in [2.05, 4.69) is 145 Å². The van der Waals surface area contributed by atoms with Gasteiger partial charge >= 0.3 is 0 Å². The summed E-state index contributed by atoms with van der Waals surface area (Å²) >= 11 is 0. The molecule has 1 spiro atoms. The maximum Gasteiger partial charge on any atom is 0.244 e. The van der Waals surface area contributed by atoms with Crippen LogP contribution in [0, 0.1) is 86.4 Å². The summed E-state index contributed by atoms with van der Waals surface area (Å²) in [6.45, 7) is 49.4. The Balaban J connectivity index is 1.04. The van der Waals surface area contributed by atoms with Gasteiger partial charge in [-0.25, -0.2) is 0 Å². The number of ketones is 1. The van der Waals surface area contributed by atoms with Crippen molar-refractivity contribution >= 4 is 5.78 Å². The van der Waals surface area contributed by atoms with Crippen molar-refractivity contribution in [2.24, 2.45) is 58.7 Å². The van der Waals surface area contributed by atoms with Gasteiger partial charge in [-0.15, -0.1) is 0 Å². The van der Waals surface area contributed by atoms with E-state index in [0.717, 1.165) is 169 Å². The Morgan fingerprint density at radius 2 is 0.656 bits per heavy atom. The first-order valence-corrected chi connectivity index (χ1v) is 39.9. The van der Waals surface area contributed by atoms with Gasteiger partial charge in [0.25, 0.3) is 0 Å². The third-order valence-electron chi connectivity index (χ3n) is 26.0. The first-order chi connectivity index (χ1) is 43.9. The molecular formula is C87H144O6. The van der Waals surface area contributed by atoms with Crippen molar-refractivity contribution in [2.75, 3.05) is 0 Å². The number of carbonyl (C=O) groups excluding carboxylic acids is 1. The Labute approximate surface area is 573 Å². The van der Waals surface area contributed by atoms with Gasteiger partial charge in [0, 0.05) is 33.4 Å². The lowest BCUT2D eigenvalue weighted by atomic mass is 9.48. The third-order valence-corrected chi connectivity index (χ3v) is 26.0. The van der Waals surface area contributed by atoms with Crippen molar-refractivity contribution in [3.05, 3.63) is 55.7 Å². The van der Waals surface area contributed by atoms with E-state index >= 15 is 4.79 Å². The van der Waals surface area contributed by atoms with Crippen LogP contribution in [0.3, 0.4) is 0 Å². The number of Topliss-reactive ketones (excluding diaryl/α,β-unsaturated/α-hetero) is 1. The smallest absolute Gasteiger partial charge is 0.244 e. The van der Waals surface area contributed by atoms with Crippen molar-refractivity contribution in [1.29, 1.82) is 0 Å². The number of carbonyl (C=O) groups is 1. The molecule has 0 amide bonds. The maximum atomic E-state index is 16.3. The maximum absolute atomic E-state index is 16.3. The molecule has 1 fully saturated rings. The summed E-state index contributed by atoms with van der Waals surface area (Å²) in [7, 11) is 0. The molecule has 2 aromatic carbocycles. The number of rotatable bonds is 36. The second-order valence-electron chi connectivity index (χ2n) is 35.9. The van der Waals surface area contributed by atoms with Crippen LogP contribution in [0.25, 0.3) is 0 Å². The summed E-state index contributed by atoms with van der Waals surface area (Å²) in [4.78, 5) is 16.3. The topological polar surface area (TPSA) is 63.2 Å². The van der Waals surface area contributed by atoms with Crippen LogP contribution in [0.1, 0.15) is 368 Å². The molecule has 0 radical (unpaired) electrons. The van der Waals surface area contributed by atoms with Crippen molar-refractivity contribution in [3.8, 4) is 23.0 Å². The molecule has 6 nitrogen and oxygen atoms in total. The lowest BCUT2D eigenvalue weighted by molar-refractivity contribution is -0.350. The minimum atomic E-state index is -1.21. The molecule has 0 saturated carbocycles. The average molecular weight is 1290 g/mol. The van der Waals surface area contributed by atoms with Crippen LogP contribution >= 0.6 is 0 Å². The quantitative estimate of drug-likeness (QED) is 0.0677. The van der Waals surface area contributed by atoms with Gasteiger partial charge in [-0.3, -0.25) is 4.79 Å². The summed E-state index contributed by atoms with van der Waals surface area (Å²) in [5.41, 5.74) is 8.40. The second-order valence-corrected chi connectivity index (χ2v) is 35.9. The standard InChI is InChI=1S/C87H144O6/c1-58(2)31-22-34-61(7)37-25-40-64(10)43-28-49-82(19)52-46-73-74-48-54-86(91-79(74)69(15)67(13)77(73)89-82)81(88)71(17)72(18)87-85(86,56-55-84(21,93-87)51-30-45-66(12)42-27-39-63(9)36-24-33-60(5)6)57-76-75-47-53-83(20,90-78(75)68(14)70(16)80(76)92-87)50-29-44-65(11)41-26-38-62(8)35-23-32-59(3)4/h58-66H,22-57H2,1-21H3/t61?,62?,63?,64?,65?,66?,82-,83-,84-,85+,86?,87+/m1/s1. The SMILES string of the molecule is CC1=C(C)[C@@]23Oc4c(C)c(C)c5c(c4C[C@@]2(CC[C@@](C)(CCCC(C)CCCC(C)CCCC(C)C)O3)C2(CCc3c4c(c(C)c(C)c3O2)O[C@](C)(CCCC(C)CCCC(C)CCCC(C)C)CC4)C1=O)CC[C@@](C)(CCCC(C)CCCC(C)CCCC(C)C)O5. The molecule has 1 aliphatic carbocycles. The molecule has 0 N–H and O–H groups in total. The second kappa shape index (κ2) is 32.3. The number of benzene rings is 2. The van der Waals surface area contributed by atoms with E-state index in [1.165, 1.54) is 175 Å². The van der Waals surface area contributed by atoms with Crippen LogP contribution in [0.15, 0.2) is 11.1 Å². The van der Waals surface area contributed by atoms with Gasteiger partial charge in [0.15, 0.2) is 5.60 Å². The monoisotopic (exact) mass is 1290 g/mol. The number of hydrogen-bond acceptors (Lipinski definition) is 6. The van der Waals surface area contributed by atoms with Crippen LogP contribution in [-0.4, -0.2) is 34.0 Å². The fourth-order valence-corrected chi connectivity index (χ4v) is 19.0. The highest BCUT2D eigenvalue weighted by atomic mass is 16.7. The number of hydrogen-bond donors (Lipinski definition) is 0. The Morgan fingerprint density at radius 1 is 0.344 bits per heavy atom. The average Bonchev–Trinajstić information content (AvgIpc) is 0.656. The normalized spacial score (nSPS) is 27.7. The molecule has 1 saturated heterocycles. The van der Waals surface area contributed by atoms with Crippen molar-refractivity contribution < 1.29 is 28.5 Å². The Morgan fingerprint density at radius 3 is 1.03 bits per heavy atom. The molecule has 0 aromatic heterocycles. The minimum Gasteiger partial charge on any atom is -0.487 e. The van der Waals surface area contributed by atoms with E-state index in [1.54, 1.807) is 0 Å². The fourth-order valence-electron chi connectivity index (χ4n) is 19.0. The zero-order valence-corrected chi connectivity index (χ0v) is 64.6. The lowest BCUT2D eigenvalue weighted by Gasteiger charge is -2.67. The molecule has 6 heteroatoms. The summed E-state index contributed by atoms with van der Waals surface area (Å²) < 4.78 is 39.0. The van der Waals surface area contributed by atoms with Crippen LogP contribution in [0.4, 0.5) is 0 Å². The van der Waals surface area contributed by atoms with Crippen molar-refractivity contribution in [1.82, 2.24) is 0 Å². The summed E-state index contributed by atoms with van der Waals surface area (Å²) in [6.07, 6.45) is 42.0. The van der Waals surface area contributed by atoms with Crippen molar-refractivity contribution in [3.63, 3.8) is 0 Å². The Hall–Kier alpha value is -2.99. The van der Waals surface area contributed by atoms with E-state index in [-0.39, 0.29) is 17.0 Å². The third kappa shape index (κ3) is 17.5. The highest BCUT2D eigenvalue weighted by Gasteiger charge is 2.78. The molecule has 12 atom stereocenters. The zero-order valence-electron chi connectivity index (χ0n) is 64.6. The molecule has 93 heavy (non-hydrogen) atoms. The highest BCUT2D eigenvalue weighted by Crippen LogP contribution is 2.69. The fraction of sp³-hybridized carbons (Fsp3) is 0.828. The number of ether oxygens (including phenoxy) is 5. The number of fused-ring (bicyclic) bond motifs is 6. The first kappa shape index (κ1) is 75.8. The molecule has 0 bridgehead atoms. The van der Waals surface area contributed by atoms with Gasteiger partial charge in [-0.05, 0) is 228 Å². The molecule has 528 valence electrons. The molecular weight excluding hydrogens is 1140 g/mol. The van der Waals surface area contributed by atoms with Gasteiger partial charge < -0.3 is 23.7 Å². The van der Waals surface area contributed by atoms with Crippen LogP contribution in [0.2, 0.25) is 0 Å². The first-order valence-electron chi connectivity index (χ1n) is 39.9. The predicted molar refractivity (Wildman–Crippen MR) is 394 cm³/mol. The van der Waals surface area contributed by atoms with Gasteiger partial charge in [0.05, 0.1) is 11.0 Å². The largest absolute Gasteiger partial charge is 0.487 e. The van der Waals surface area contributed by atoms with Gasteiger partial charge in [0.2, 0.25) is 11.6 Å². The molecule has 6 aliphatic rings. The van der Waals surface area contributed by atoms with Crippen LogP contribution in [0.5, 0.6) is 23.0 Å². The van der Waals surface area contributed by atoms with Crippen LogP contribution < -0.4 is 18.9 Å². The summed E-state index contributed by atoms with van der Waals surface area (Å²) in [6, 6.07) is 0. The molecule has 8 rings (SSSR count). The minimum absolute atomic E-state index is 0.125. The molecule has 7 unspecified atom stereocenters. The van der Waals surface area contributed by atoms with Gasteiger partial charge in [-0.2, -0.15) is 0 Å². The Bertz CT molecular complexity index is 2820. The molecule has 5 heterocycles. The molecule has 2 aromatic rings. The van der Waals surface area contributed by atoms with E-state index < -0.39 is 22.4 Å². The van der Waals surface area contributed by atoms with E-state index in [1.807, 2.05) is 0 Å². The molecule has 5 aliphatic heterocycles. The lowest BCUT2D eigenvalue weighted by Crippen LogP contribution is -2.79. The van der Waals surface area contributed by atoms with E-state index in [9.17, 15) is 0 Å². The summed E-state index contributed by atoms with van der Waals surface area (Å²) in [5.74, 6) is 9.95. The van der Waals surface area contributed by atoms with Gasteiger partial charge in [-0.1, -0.05) is 224 Å². The highest BCUT2D eigenvalue weighted by molar-refractivity contribution is 6.05.